The zero-order valence-corrected chi connectivity index (χ0v) is 11.6. The highest BCUT2D eigenvalue weighted by Crippen LogP contribution is 2.17. The average molecular weight is 260 g/mol. The summed E-state index contributed by atoms with van der Waals surface area (Å²) in [6.45, 7) is 7.87. The molecule has 0 saturated heterocycles. The Hall–Kier alpha value is -0.240. The van der Waals surface area contributed by atoms with Crippen LogP contribution in [0.25, 0.3) is 0 Å². The van der Waals surface area contributed by atoms with E-state index in [1.165, 1.54) is 5.56 Å². The molecule has 0 aromatic heterocycles. The summed E-state index contributed by atoms with van der Waals surface area (Å²) in [6, 6.07) is 6.12. The molecule has 1 aromatic rings. The van der Waals surface area contributed by atoms with Crippen molar-refractivity contribution in [2.24, 2.45) is 5.92 Å². The second kappa shape index (κ2) is 6.48. The number of rotatable bonds is 5. The fourth-order valence-corrected chi connectivity index (χ4v) is 1.79. The van der Waals surface area contributed by atoms with E-state index in [4.69, 9.17) is 23.2 Å². The van der Waals surface area contributed by atoms with Gasteiger partial charge in [-0.15, -0.1) is 11.6 Å². The van der Waals surface area contributed by atoms with Crippen LogP contribution < -0.4 is 5.32 Å². The molecule has 0 bridgehead atoms. The van der Waals surface area contributed by atoms with Crippen LogP contribution in [0.5, 0.6) is 0 Å². The van der Waals surface area contributed by atoms with Gasteiger partial charge in [0.15, 0.2) is 0 Å². The van der Waals surface area contributed by atoms with Gasteiger partial charge in [-0.1, -0.05) is 37.6 Å². The first kappa shape index (κ1) is 13.8. The van der Waals surface area contributed by atoms with E-state index in [9.17, 15) is 0 Å². The van der Waals surface area contributed by atoms with Crippen molar-refractivity contribution in [3.05, 3.63) is 34.3 Å². The van der Waals surface area contributed by atoms with Gasteiger partial charge in [-0.25, -0.2) is 0 Å². The van der Waals surface area contributed by atoms with Crippen LogP contribution in [0.4, 0.5) is 0 Å². The second-order valence-corrected chi connectivity index (χ2v) is 5.45. The lowest BCUT2D eigenvalue weighted by Gasteiger charge is -2.14. The zero-order valence-electron chi connectivity index (χ0n) is 10.1. The van der Waals surface area contributed by atoms with E-state index in [1.807, 2.05) is 13.0 Å². The van der Waals surface area contributed by atoms with Crippen LogP contribution in [0.1, 0.15) is 25.0 Å². The third-order valence-corrected chi connectivity index (χ3v) is 3.60. The van der Waals surface area contributed by atoms with Crippen molar-refractivity contribution in [1.29, 1.82) is 0 Å². The van der Waals surface area contributed by atoms with Gasteiger partial charge < -0.3 is 5.32 Å². The van der Waals surface area contributed by atoms with E-state index in [0.29, 0.717) is 5.92 Å². The molecule has 3 heteroatoms. The minimum atomic E-state index is 0.171. The summed E-state index contributed by atoms with van der Waals surface area (Å²) in [5.41, 5.74) is 2.31. The Bertz CT molecular complexity index is 337. The molecule has 0 spiro atoms. The van der Waals surface area contributed by atoms with Crippen LogP contribution in [-0.4, -0.2) is 11.9 Å². The van der Waals surface area contributed by atoms with Gasteiger partial charge in [0.1, 0.15) is 0 Å². The lowest BCUT2D eigenvalue weighted by Crippen LogP contribution is -2.26. The van der Waals surface area contributed by atoms with Crippen LogP contribution in [0.3, 0.4) is 0 Å². The molecule has 0 radical (unpaired) electrons. The Kier molecular flexibility index (Phi) is 5.60. The van der Waals surface area contributed by atoms with E-state index in [1.54, 1.807) is 0 Å². The van der Waals surface area contributed by atoms with Gasteiger partial charge in [-0.05, 0) is 30.0 Å². The lowest BCUT2D eigenvalue weighted by atomic mass is 10.1. The van der Waals surface area contributed by atoms with E-state index >= 15 is 0 Å². The number of halogens is 2. The maximum atomic E-state index is 6.15. The Morgan fingerprint density at radius 1 is 1.31 bits per heavy atom. The lowest BCUT2D eigenvalue weighted by molar-refractivity contribution is 0.546. The Balaban J connectivity index is 2.43. The van der Waals surface area contributed by atoms with Gasteiger partial charge in [0.2, 0.25) is 0 Å². The largest absolute Gasteiger partial charge is 0.311 e. The molecule has 1 unspecified atom stereocenters. The van der Waals surface area contributed by atoms with Gasteiger partial charge in [0.25, 0.3) is 0 Å². The van der Waals surface area contributed by atoms with Crippen molar-refractivity contribution >= 4 is 23.2 Å². The molecule has 16 heavy (non-hydrogen) atoms. The van der Waals surface area contributed by atoms with Crippen molar-refractivity contribution in [3.63, 3.8) is 0 Å². The number of nitrogens with one attached hydrogen (secondary N) is 1. The molecular formula is C13H19Cl2N. The first-order valence-electron chi connectivity index (χ1n) is 5.60. The van der Waals surface area contributed by atoms with Gasteiger partial charge in [0, 0.05) is 23.5 Å². The van der Waals surface area contributed by atoms with Crippen molar-refractivity contribution in [2.45, 2.75) is 32.7 Å². The fraction of sp³-hybridized carbons (Fsp3) is 0.538. The standard InChI is InChI=1S/C13H19Cl2N/c1-9(2)13(15)8-16-7-11-5-4-10(3)6-12(11)14/h4-6,9,13,16H,7-8H2,1-3H3. The Labute approximate surface area is 108 Å². The molecule has 0 aliphatic rings. The van der Waals surface area contributed by atoms with E-state index in [2.05, 4.69) is 31.3 Å². The van der Waals surface area contributed by atoms with E-state index in [0.717, 1.165) is 23.7 Å². The quantitative estimate of drug-likeness (QED) is 0.789. The van der Waals surface area contributed by atoms with Gasteiger partial charge >= 0.3 is 0 Å². The minimum absolute atomic E-state index is 0.171. The first-order valence-corrected chi connectivity index (χ1v) is 6.42. The smallest absolute Gasteiger partial charge is 0.0483 e. The fourth-order valence-electron chi connectivity index (χ4n) is 1.38. The zero-order chi connectivity index (χ0) is 12.1. The molecule has 0 heterocycles. The highest BCUT2D eigenvalue weighted by Gasteiger charge is 2.08. The summed E-state index contributed by atoms with van der Waals surface area (Å²) in [5.74, 6) is 0.489. The number of aryl methyl sites for hydroxylation is 1. The van der Waals surface area contributed by atoms with Crippen LogP contribution in [0.2, 0.25) is 5.02 Å². The van der Waals surface area contributed by atoms with Crippen molar-refractivity contribution < 1.29 is 0 Å². The summed E-state index contributed by atoms with van der Waals surface area (Å²) < 4.78 is 0. The predicted octanol–water partition coefficient (Wildman–Crippen LogP) is 4.00. The maximum absolute atomic E-state index is 6.15. The molecule has 0 fully saturated rings. The molecule has 1 nitrogen and oxygen atoms in total. The molecule has 1 rings (SSSR count). The van der Waals surface area contributed by atoms with Crippen LogP contribution in [0, 0.1) is 12.8 Å². The van der Waals surface area contributed by atoms with Gasteiger partial charge in [0.05, 0.1) is 0 Å². The van der Waals surface area contributed by atoms with Crippen molar-refractivity contribution in [1.82, 2.24) is 5.32 Å². The third kappa shape index (κ3) is 4.32. The van der Waals surface area contributed by atoms with Gasteiger partial charge in [-0.2, -0.15) is 0 Å². The number of alkyl halides is 1. The SMILES string of the molecule is Cc1ccc(CNCC(Cl)C(C)C)c(Cl)c1. The summed E-state index contributed by atoms with van der Waals surface area (Å²) in [7, 11) is 0. The van der Waals surface area contributed by atoms with Crippen LogP contribution in [-0.2, 0) is 6.54 Å². The van der Waals surface area contributed by atoms with Crippen molar-refractivity contribution in [3.8, 4) is 0 Å². The Morgan fingerprint density at radius 3 is 2.56 bits per heavy atom. The number of hydrogen-bond acceptors (Lipinski definition) is 1. The Morgan fingerprint density at radius 2 is 2.00 bits per heavy atom. The van der Waals surface area contributed by atoms with Crippen LogP contribution in [0.15, 0.2) is 18.2 Å². The van der Waals surface area contributed by atoms with E-state index < -0.39 is 0 Å². The predicted molar refractivity (Wildman–Crippen MR) is 72.4 cm³/mol. The molecule has 1 N–H and O–H groups in total. The molecule has 90 valence electrons. The second-order valence-electron chi connectivity index (χ2n) is 4.49. The summed E-state index contributed by atoms with van der Waals surface area (Å²) >= 11 is 12.3. The molecule has 0 saturated carbocycles. The summed E-state index contributed by atoms with van der Waals surface area (Å²) in [5, 5.41) is 4.32. The first-order chi connectivity index (χ1) is 7.50. The minimum Gasteiger partial charge on any atom is -0.311 e. The summed E-state index contributed by atoms with van der Waals surface area (Å²) in [4.78, 5) is 0. The number of benzene rings is 1. The van der Waals surface area contributed by atoms with Crippen molar-refractivity contribution in [2.75, 3.05) is 6.54 Å². The van der Waals surface area contributed by atoms with Crippen LogP contribution >= 0.6 is 23.2 Å². The molecule has 1 atom stereocenters. The maximum Gasteiger partial charge on any atom is 0.0483 e. The van der Waals surface area contributed by atoms with Gasteiger partial charge in [-0.3, -0.25) is 0 Å². The monoisotopic (exact) mass is 259 g/mol. The highest BCUT2D eigenvalue weighted by atomic mass is 35.5. The topological polar surface area (TPSA) is 12.0 Å². The van der Waals surface area contributed by atoms with E-state index in [-0.39, 0.29) is 5.38 Å². The molecule has 1 aromatic carbocycles. The molecule has 0 aliphatic heterocycles. The molecule has 0 amide bonds. The third-order valence-electron chi connectivity index (χ3n) is 2.59. The highest BCUT2D eigenvalue weighted by molar-refractivity contribution is 6.31. The summed E-state index contributed by atoms with van der Waals surface area (Å²) in [6.07, 6.45) is 0. The number of hydrogen-bond donors (Lipinski definition) is 1. The molecule has 0 aliphatic carbocycles. The molecular weight excluding hydrogens is 241 g/mol. The normalized spacial score (nSPS) is 13.1. The average Bonchev–Trinajstić information content (AvgIpc) is 2.20.